The van der Waals surface area contributed by atoms with Gasteiger partial charge in [0.1, 0.15) is 17.6 Å². The third-order valence-electron chi connectivity index (χ3n) is 4.15. The molecule has 1 fully saturated rings. The monoisotopic (exact) mass is 470 g/mol. The van der Waals surface area contributed by atoms with Crippen LogP contribution in [-0.2, 0) is 20.7 Å². The summed E-state index contributed by atoms with van der Waals surface area (Å²) >= 11 is 2.50. The number of benzene rings is 1. The summed E-state index contributed by atoms with van der Waals surface area (Å²) in [4.78, 5) is 15.1. The standard InChI is InChI=1S/C15H17BrN2O2S.C5H10O2/c1-21(19)12-4-2-10(3-5-12)13-14(16)20-15(18-13)11-6-8-17-9-7-11;1-5(2,3)7-4-6/h2-5,11,17H,6-9H2,1H3;4H,1-3H3. The summed E-state index contributed by atoms with van der Waals surface area (Å²) in [6.07, 6.45) is 3.79. The van der Waals surface area contributed by atoms with Crippen LogP contribution in [0.5, 0.6) is 0 Å². The van der Waals surface area contributed by atoms with Crippen LogP contribution in [0.15, 0.2) is 38.2 Å². The van der Waals surface area contributed by atoms with E-state index in [1.54, 1.807) is 6.26 Å². The minimum Gasteiger partial charge on any atom is -0.612 e. The lowest BCUT2D eigenvalue weighted by Gasteiger charge is -2.19. The van der Waals surface area contributed by atoms with Crippen molar-refractivity contribution in [2.24, 2.45) is 0 Å². The smallest absolute Gasteiger partial charge is 0.293 e. The van der Waals surface area contributed by atoms with Gasteiger partial charge in [-0.25, -0.2) is 4.98 Å². The number of carbonyl (C=O) groups excluding carboxylic acids is 1. The van der Waals surface area contributed by atoms with Gasteiger partial charge in [0.25, 0.3) is 6.47 Å². The predicted molar refractivity (Wildman–Crippen MR) is 114 cm³/mol. The SMILES string of the molecule is CC(C)(C)OC=O.C[S+]([O-])c1ccc(-c2nc(C3CCNCC3)oc2Br)cc1. The Labute approximate surface area is 177 Å². The number of piperidine rings is 1. The van der Waals surface area contributed by atoms with Crippen LogP contribution in [-0.4, -0.2) is 41.0 Å². The Morgan fingerprint density at radius 3 is 2.36 bits per heavy atom. The summed E-state index contributed by atoms with van der Waals surface area (Å²) in [6, 6.07) is 7.62. The highest BCUT2D eigenvalue weighted by atomic mass is 79.9. The number of aromatic nitrogens is 1. The fourth-order valence-electron chi connectivity index (χ4n) is 2.69. The molecule has 2 heterocycles. The zero-order valence-corrected chi connectivity index (χ0v) is 19.1. The Morgan fingerprint density at radius 2 is 1.89 bits per heavy atom. The molecule has 154 valence electrons. The maximum absolute atomic E-state index is 11.4. The summed E-state index contributed by atoms with van der Waals surface area (Å²) < 4.78 is 22.5. The average Bonchev–Trinajstić information content (AvgIpc) is 3.04. The lowest BCUT2D eigenvalue weighted by molar-refractivity contribution is -0.138. The molecule has 1 N–H and O–H groups in total. The maximum atomic E-state index is 11.4. The third kappa shape index (κ3) is 6.92. The second-order valence-electron chi connectivity index (χ2n) is 7.50. The van der Waals surface area contributed by atoms with Gasteiger partial charge >= 0.3 is 0 Å². The highest BCUT2D eigenvalue weighted by molar-refractivity contribution is 9.10. The van der Waals surface area contributed by atoms with Gasteiger partial charge in [-0.3, -0.25) is 4.79 Å². The lowest BCUT2D eigenvalue weighted by Crippen LogP contribution is -2.26. The fraction of sp³-hybridized carbons (Fsp3) is 0.500. The molecule has 1 atom stereocenters. The summed E-state index contributed by atoms with van der Waals surface area (Å²) in [5.74, 6) is 1.19. The molecule has 0 spiro atoms. The van der Waals surface area contributed by atoms with Crippen molar-refractivity contribution < 1.29 is 18.5 Å². The second-order valence-corrected chi connectivity index (χ2v) is 9.60. The van der Waals surface area contributed by atoms with E-state index in [-0.39, 0.29) is 5.60 Å². The molecule has 0 aliphatic carbocycles. The average molecular weight is 471 g/mol. The van der Waals surface area contributed by atoms with Crippen LogP contribution < -0.4 is 5.32 Å². The van der Waals surface area contributed by atoms with Crippen LogP contribution in [0.4, 0.5) is 0 Å². The fourth-order valence-corrected chi connectivity index (χ4v) is 3.69. The van der Waals surface area contributed by atoms with Gasteiger partial charge in [-0.1, -0.05) is 0 Å². The first kappa shape index (κ1) is 22.9. The van der Waals surface area contributed by atoms with Gasteiger partial charge in [0, 0.05) is 11.5 Å². The summed E-state index contributed by atoms with van der Waals surface area (Å²) in [5.41, 5.74) is 1.47. The van der Waals surface area contributed by atoms with Gasteiger partial charge in [0.2, 0.25) is 0 Å². The van der Waals surface area contributed by atoms with Gasteiger partial charge in [-0.2, -0.15) is 0 Å². The van der Waals surface area contributed by atoms with Crippen LogP contribution in [0.3, 0.4) is 0 Å². The van der Waals surface area contributed by atoms with Crippen molar-refractivity contribution in [3.05, 3.63) is 34.8 Å². The van der Waals surface area contributed by atoms with Crippen LogP contribution in [0.1, 0.15) is 45.4 Å². The van der Waals surface area contributed by atoms with E-state index in [9.17, 15) is 9.35 Å². The summed E-state index contributed by atoms with van der Waals surface area (Å²) in [6.45, 7) is 7.94. The maximum Gasteiger partial charge on any atom is 0.293 e. The molecule has 1 aliphatic heterocycles. The van der Waals surface area contributed by atoms with Crippen LogP contribution in [0.2, 0.25) is 0 Å². The van der Waals surface area contributed by atoms with Gasteiger partial charge in [-0.05, 0) is 98.1 Å². The van der Waals surface area contributed by atoms with Crippen molar-refractivity contribution in [3.8, 4) is 11.3 Å². The van der Waals surface area contributed by atoms with Crippen molar-refractivity contribution in [1.82, 2.24) is 10.3 Å². The molecule has 3 rings (SSSR count). The number of nitrogens with zero attached hydrogens (tertiary/aromatic N) is 1. The van der Waals surface area contributed by atoms with Crippen LogP contribution >= 0.6 is 15.9 Å². The minimum atomic E-state index is -0.960. The Bertz CT molecular complexity index is 751. The molecule has 28 heavy (non-hydrogen) atoms. The number of hydrogen-bond donors (Lipinski definition) is 1. The van der Waals surface area contributed by atoms with Gasteiger partial charge in [0.05, 0.1) is 0 Å². The molecule has 8 heteroatoms. The molecule has 1 aliphatic rings. The lowest BCUT2D eigenvalue weighted by atomic mass is 9.98. The van der Waals surface area contributed by atoms with Gasteiger partial charge in [-0.15, -0.1) is 0 Å². The van der Waals surface area contributed by atoms with E-state index in [1.807, 2.05) is 45.0 Å². The van der Waals surface area contributed by atoms with E-state index in [1.165, 1.54) is 0 Å². The topological polar surface area (TPSA) is 87.4 Å². The molecule has 6 nitrogen and oxygen atoms in total. The molecule has 0 saturated carbocycles. The number of oxazole rings is 1. The van der Waals surface area contributed by atoms with Crippen LogP contribution in [0.25, 0.3) is 11.3 Å². The second kappa shape index (κ2) is 10.4. The van der Waals surface area contributed by atoms with Crippen LogP contribution in [0, 0.1) is 0 Å². The molecule has 0 bridgehead atoms. The van der Waals surface area contributed by atoms with Crippen molar-refractivity contribution in [2.75, 3.05) is 19.3 Å². The van der Waals surface area contributed by atoms with E-state index in [2.05, 4.69) is 31.0 Å². The molecule has 0 amide bonds. The van der Waals surface area contributed by atoms with E-state index in [4.69, 9.17) is 4.42 Å². The molecule has 1 aromatic heterocycles. The first-order chi connectivity index (χ1) is 13.2. The van der Waals surface area contributed by atoms with Crippen molar-refractivity contribution in [1.29, 1.82) is 0 Å². The highest BCUT2D eigenvalue weighted by Gasteiger charge is 2.23. The molecular weight excluding hydrogens is 444 g/mol. The summed E-state index contributed by atoms with van der Waals surface area (Å²) in [7, 11) is 0. The minimum absolute atomic E-state index is 0.318. The number of rotatable bonds is 4. The number of nitrogens with one attached hydrogen (secondary N) is 1. The quantitative estimate of drug-likeness (QED) is 0.530. The number of ether oxygens (including phenoxy) is 1. The van der Waals surface area contributed by atoms with Crippen molar-refractivity contribution in [2.45, 2.75) is 50.0 Å². The van der Waals surface area contributed by atoms with Gasteiger partial charge in [0.15, 0.2) is 15.5 Å². The summed E-state index contributed by atoms with van der Waals surface area (Å²) in [5, 5.41) is 3.34. The highest BCUT2D eigenvalue weighted by Crippen LogP contribution is 2.34. The van der Waals surface area contributed by atoms with E-state index < -0.39 is 11.2 Å². The first-order valence-corrected chi connectivity index (χ1v) is 11.5. The molecule has 1 saturated heterocycles. The zero-order chi connectivity index (χ0) is 20.7. The Hall–Kier alpha value is -1.35. The van der Waals surface area contributed by atoms with Gasteiger partial charge < -0.3 is 19.0 Å². The largest absolute Gasteiger partial charge is 0.612 e. The number of halogens is 1. The predicted octanol–water partition coefficient (Wildman–Crippen LogP) is 4.27. The van der Waals surface area contributed by atoms with E-state index >= 15 is 0 Å². The first-order valence-electron chi connectivity index (χ1n) is 9.13. The van der Waals surface area contributed by atoms with Crippen molar-refractivity contribution >= 4 is 33.6 Å². The Balaban J connectivity index is 0.000000345. The van der Waals surface area contributed by atoms with E-state index in [0.29, 0.717) is 17.1 Å². The molecule has 1 aromatic carbocycles. The van der Waals surface area contributed by atoms with E-state index in [0.717, 1.165) is 48.0 Å². The molecule has 2 aromatic rings. The Kier molecular flexibility index (Phi) is 8.55. The zero-order valence-electron chi connectivity index (χ0n) is 16.7. The molecular formula is C20H27BrN2O4S. The van der Waals surface area contributed by atoms with Crippen molar-refractivity contribution in [3.63, 3.8) is 0 Å². The molecule has 1 unspecified atom stereocenters. The normalized spacial score (nSPS) is 16.1. The number of carbonyl (C=O) groups is 1. The molecule has 0 radical (unpaired) electrons. The number of hydrogen-bond acceptors (Lipinski definition) is 6. The third-order valence-corrected chi connectivity index (χ3v) is 5.63. The Morgan fingerprint density at radius 1 is 1.29 bits per heavy atom.